The number of pyridine rings is 1. The average molecular weight is 268 g/mol. The van der Waals surface area contributed by atoms with Crippen LogP contribution in [0.2, 0.25) is 0 Å². The van der Waals surface area contributed by atoms with E-state index >= 15 is 0 Å². The number of nitrogens with one attached hydrogen (secondary N) is 1. The van der Waals surface area contributed by atoms with Gasteiger partial charge >= 0.3 is 0 Å². The SMILES string of the molecule is NC(=S)Nc1cccc(-c2cn3ccccc3n2)c1. The molecule has 5 heteroatoms. The summed E-state index contributed by atoms with van der Waals surface area (Å²) in [5.41, 5.74) is 9.19. The van der Waals surface area contributed by atoms with Gasteiger partial charge in [0.15, 0.2) is 5.11 Å². The molecule has 0 bridgehead atoms. The molecule has 19 heavy (non-hydrogen) atoms. The molecule has 0 aliphatic rings. The minimum Gasteiger partial charge on any atom is -0.376 e. The van der Waals surface area contributed by atoms with E-state index < -0.39 is 0 Å². The van der Waals surface area contributed by atoms with Crippen molar-refractivity contribution in [2.45, 2.75) is 0 Å². The fourth-order valence-electron chi connectivity index (χ4n) is 1.97. The van der Waals surface area contributed by atoms with Crippen LogP contribution >= 0.6 is 12.2 Å². The molecule has 0 saturated heterocycles. The second-order valence-corrected chi connectivity index (χ2v) is 4.60. The summed E-state index contributed by atoms with van der Waals surface area (Å²) in [6, 6.07) is 13.8. The third-order valence-electron chi connectivity index (χ3n) is 2.79. The molecule has 94 valence electrons. The van der Waals surface area contributed by atoms with Crippen molar-refractivity contribution in [1.29, 1.82) is 0 Å². The lowest BCUT2D eigenvalue weighted by atomic mass is 10.1. The smallest absolute Gasteiger partial charge is 0.168 e. The van der Waals surface area contributed by atoms with Gasteiger partial charge in [-0.25, -0.2) is 4.98 Å². The van der Waals surface area contributed by atoms with Gasteiger partial charge in [-0.3, -0.25) is 0 Å². The molecule has 2 aromatic heterocycles. The zero-order valence-electron chi connectivity index (χ0n) is 10.1. The van der Waals surface area contributed by atoms with Crippen molar-refractivity contribution in [2.75, 3.05) is 5.32 Å². The summed E-state index contributed by atoms with van der Waals surface area (Å²) >= 11 is 4.84. The number of anilines is 1. The molecule has 4 nitrogen and oxygen atoms in total. The number of hydrogen-bond acceptors (Lipinski definition) is 2. The predicted molar refractivity (Wildman–Crippen MR) is 81.0 cm³/mol. The third kappa shape index (κ3) is 2.41. The van der Waals surface area contributed by atoms with Crippen molar-refractivity contribution in [2.24, 2.45) is 5.73 Å². The van der Waals surface area contributed by atoms with Crippen LogP contribution in [0.3, 0.4) is 0 Å². The van der Waals surface area contributed by atoms with Gasteiger partial charge in [-0.05, 0) is 36.5 Å². The Labute approximate surface area is 115 Å². The predicted octanol–water partition coefficient (Wildman–Crippen LogP) is 2.66. The standard InChI is InChI=1S/C14H12N4S/c15-14(19)16-11-5-3-4-10(8-11)12-9-18-7-2-1-6-13(18)17-12/h1-9H,(H3,15,16,19). The average Bonchev–Trinajstić information content (AvgIpc) is 2.82. The van der Waals surface area contributed by atoms with Gasteiger partial charge in [-0.2, -0.15) is 0 Å². The Balaban J connectivity index is 2.03. The van der Waals surface area contributed by atoms with Crippen LogP contribution in [0.1, 0.15) is 0 Å². The summed E-state index contributed by atoms with van der Waals surface area (Å²) in [6.07, 6.45) is 3.97. The maximum atomic E-state index is 5.48. The lowest BCUT2D eigenvalue weighted by Crippen LogP contribution is -2.18. The Bertz CT molecular complexity index is 715. The Kier molecular flexibility index (Phi) is 2.89. The molecular formula is C14H12N4S. The first-order valence-corrected chi connectivity index (χ1v) is 6.24. The zero-order chi connectivity index (χ0) is 13.2. The molecule has 0 unspecified atom stereocenters. The maximum absolute atomic E-state index is 5.48. The number of fused-ring (bicyclic) bond motifs is 1. The summed E-state index contributed by atoms with van der Waals surface area (Å²) in [4.78, 5) is 4.57. The molecule has 3 N–H and O–H groups in total. The molecule has 0 radical (unpaired) electrons. The van der Waals surface area contributed by atoms with E-state index in [1.54, 1.807) is 0 Å². The molecule has 3 rings (SSSR count). The molecule has 1 aromatic carbocycles. The summed E-state index contributed by atoms with van der Waals surface area (Å²) in [7, 11) is 0. The number of aromatic nitrogens is 2. The topological polar surface area (TPSA) is 55.3 Å². The highest BCUT2D eigenvalue weighted by atomic mass is 32.1. The van der Waals surface area contributed by atoms with Crippen LogP contribution in [0, 0.1) is 0 Å². The molecule has 3 aromatic rings. The van der Waals surface area contributed by atoms with Gasteiger partial charge in [0.1, 0.15) is 5.65 Å². The van der Waals surface area contributed by atoms with E-state index in [9.17, 15) is 0 Å². The highest BCUT2D eigenvalue weighted by Gasteiger charge is 2.04. The van der Waals surface area contributed by atoms with Crippen LogP contribution in [0.4, 0.5) is 5.69 Å². The van der Waals surface area contributed by atoms with Crippen molar-refractivity contribution < 1.29 is 0 Å². The molecule has 0 aliphatic heterocycles. The van der Waals surface area contributed by atoms with Crippen molar-refractivity contribution in [3.8, 4) is 11.3 Å². The fourth-order valence-corrected chi connectivity index (χ4v) is 2.09. The highest BCUT2D eigenvalue weighted by Crippen LogP contribution is 2.22. The molecule has 0 spiro atoms. The number of hydrogen-bond donors (Lipinski definition) is 2. The second-order valence-electron chi connectivity index (χ2n) is 4.16. The molecule has 0 aliphatic carbocycles. The third-order valence-corrected chi connectivity index (χ3v) is 2.89. The van der Waals surface area contributed by atoms with E-state index in [4.69, 9.17) is 18.0 Å². The van der Waals surface area contributed by atoms with Crippen LogP contribution < -0.4 is 11.1 Å². The minimum absolute atomic E-state index is 0.257. The highest BCUT2D eigenvalue weighted by molar-refractivity contribution is 7.80. The van der Waals surface area contributed by atoms with E-state index in [0.717, 1.165) is 22.6 Å². The van der Waals surface area contributed by atoms with Gasteiger partial charge in [0.25, 0.3) is 0 Å². The molecule has 0 atom stereocenters. The Morgan fingerprint density at radius 1 is 1.21 bits per heavy atom. The van der Waals surface area contributed by atoms with Crippen molar-refractivity contribution >= 4 is 28.7 Å². The first-order valence-electron chi connectivity index (χ1n) is 5.83. The Morgan fingerprint density at radius 2 is 2.11 bits per heavy atom. The number of imidazole rings is 1. The van der Waals surface area contributed by atoms with Gasteiger partial charge in [0.05, 0.1) is 5.69 Å². The number of rotatable bonds is 2. The molecular weight excluding hydrogens is 256 g/mol. The normalized spacial score (nSPS) is 10.5. The van der Waals surface area contributed by atoms with E-state index in [0.29, 0.717) is 0 Å². The van der Waals surface area contributed by atoms with E-state index in [2.05, 4.69) is 10.3 Å². The molecule has 0 saturated carbocycles. The lowest BCUT2D eigenvalue weighted by molar-refractivity contribution is 1.19. The monoisotopic (exact) mass is 268 g/mol. The van der Waals surface area contributed by atoms with Crippen LogP contribution in [-0.4, -0.2) is 14.5 Å². The summed E-state index contributed by atoms with van der Waals surface area (Å²) in [5.74, 6) is 0. The van der Waals surface area contributed by atoms with E-state index in [1.807, 2.05) is 59.3 Å². The Hall–Kier alpha value is -2.40. The van der Waals surface area contributed by atoms with Crippen LogP contribution in [0.15, 0.2) is 54.9 Å². The first-order chi connectivity index (χ1) is 9.22. The van der Waals surface area contributed by atoms with Crippen LogP contribution in [0.25, 0.3) is 16.9 Å². The maximum Gasteiger partial charge on any atom is 0.168 e. The number of thiocarbonyl (C=S) groups is 1. The largest absolute Gasteiger partial charge is 0.376 e. The summed E-state index contributed by atoms with van der Waals surface area (Å²) in [6.45, 7) is 0. The quantitative estimate of drug-likeness (QED) is 0.702. The van der Waals surface area contributed by atoms with Crippen LogP contribution in [-0.2, 0) is 0 Å². The van der Waals surface area contributed by atoms with Gasteiger partial charge < -0.3 is 15.5 Å². The van der Waals surface area contributed by atoms with Gasteiger partial charge in [-0.1, -0.05) is 18.2 Å². The number of nitrogens with zero attached hydrogens (tertiary/aromatic N) is 2. The van der Waals surface area contributed by atoms with Crippen molar-refractivity contribution in [1.82, 2.24) is 9.38 Å². The molecule has 0 amide bonds. The number of nitrogens with two attached hydrogens (primary N) is 1. The van der Waals surface area contributed by atoms with Gasteiger partial charge in [-0.15, -0.1) is 0 Å². The van der Waals surface area contributed by atoms with Crippen molar-refractivity contribution in [3.63, 3.8) is 0 Å². The summed E-state index contributed by atoms with van der Waals surface area (Å²) in [5, 5.41) is 3.18. The second kappa shape index (κ2) is 4.70. The first kappa shape index (κ1) is 11.7. The fraction of sp³-hybridized carbons (Fsp3) is 0. The summed E-state index contributed by atoms with van der Waals surface area (Å²) < 4.78 is 1.99. The zero-order valence-corrected chi connectivity index (χ0v) is 10.9. The van der Waals surface area contributed by atoms with E-state index in [-0.39, 0.29) is 5.11 Å². The lowest BCUT2D eigenvalue weighted by Gasteiger charge is -2.04. The molecule has 0 fully saturated rings. The number of benzene rings is 1. The molecule has 2 heterocycles. The van der Waals surface area contributed by atoms with Crippen molar-refractivity contribution in [3.05, 3.63) is 54.9 Å². The van der Waals surface area contributed by atoms with E-state index in [1.165, 1.54) is 0 Å². The van der Waals surface area contributed by atoms with Crippen LogP contribution in [0.5, 0.6) is 0 Å². The minimum atomic E-state index is 0.257. The Morgan fingerprint density at radius 3 is 2.89 bits per heavy atom. The van der Waals surface area contributed by atoms with Gasteiger partial charge in [0.2, 0.25) is 0 Å². The van der Waals surface area contributed by atoms with Gasteiger partial charge in [0, 0.05) is 23.6 Å².